The highest BCUT2D eigenvalue weighted by Gasteiger charge is 2.23. The smallest absolute Gasteiger partial charge is 0.204 e. The summed E-state index contributed by atoms with van der Waals surface area (Å²) in [5.41, 5.74) is 0.495. The molecule has 0 saturated heterocycles. The Morgan fingerprint density at radius 1 is 1.31 bits per heavy atom. The second-order valence-corrected chi connectivity index (χ2v) is 3.66. The summed E-state index contributed by atoms with van der Waals surface area (Å²) in [6.45, 7) is 2.75. The number of benzene rings is 1. The van der Waals surface area contributed by atoms with Crippen molar-refractivity contribution in [3.05, 3.63) is 17.7 Å². The number of hydrogen-bond acceptors (Lipinski definition) is 4. The minimum Gasteiger partial charge on any atom is -0.504 e. The molecule has 1 heterocycles. The Hall–Kier alpha value is -1.71. The van der Waals surface area contributed by atoms with Crippen molar-refractivity contribution in [1.29, 1.82) is 0 Å². The minimum atomic E-state index is 0.0164. The van der Waals surface area contributed by atoms with E-state index in [1.807, 2.05) is 6.92 Å². The number of phenols is 1. The highest BCUT2D eigenvalue weighted by Crippen LogP contribution is 2.41. The third-order valence-electron chi connectivity index (χ3n) is 2.44. The van der Waals surface area contributed by atoms with Crippen molar-refractivity contribution in [2.24, 2.45) is 0 Å². The van der Waals surface area contributed by atoms with E-state index in [-0.39, 0.29) is 17.3 Å². The summed E-state index contributed by atoms with van der Waals surface area (Å²) < 4.78 is 10.7. The van der Waals surface area contributed by atoms with Crippen molar-refractivity contribution in [2.75, 3.05) is 13.2 Å². The summed E-state index contributed by atoms with van der Waals surface area (Å²) in [4.78, 5) is 11.8. The van der Waals surface area contributed by atoms with Crippen LogP contribution in [0.2, 0.25) is 0 Å². The third-order valence-corrected chi connectivity index (χ3v) is 2.44. The number of hydrogen-bond donors (Lipinski definition) is 1. The number of carbonyl (C=O) groups excluding carboxylic acids is 1. The lowest BCUT2D eigenvalue weighted by molar-refractivity contribution is 0.0970. The molecule has 1 aliphatic rings. The maximum absolute atomic E-state index is 11.8. The van der Waals surface area contributed by atoms with E-state index < -0.39 is 0 Å². The van der Waals surface area contributed by atoms with Gasteiger partial charge >= 0.3 is 0 Å². The lowest BCUT2D eigenvalue weighted by Crippen LogP contribution is -2.17. The fraction of sp³-hybridized carbons (Fsp3) is 0.417. The van der Waals surface area contributed by atoms with Crippen molar-refractivity contribution < 1.29 is 19.4 Å². The SMILES string of the molecule is CCCC(=O)c1ccc(O)c2c1OCCO2. The Morgan fingerprint density at radius 3 is 2.69 bits per heavy atom. The number of Topliss-reactive ketones (excluding diaryl/α,β-unsaturated/α-hetero) is 1. The van der Waals surface area contributed by atoms with Gasteiger partial charge in [0.05, 0.1) is 5.56 Å². The Bertz CT molecular complexity index is 412. The molecular weight excluding hydrogens is 208 g/mol. The van der Waals surface area contributed by atoms with Gasteiger partial charge in [-0.25, -0.2) is 0 Å². The molecule has 0 fully saturated rings. The summed E-state index contributed by atoms with van der Waals surface area (Å²) in [5.74, 6) is 0.699. The van der Waals surface area contributed by atoms with Crippen molar-refractivity contribution >= 4 is 5.78 Å². The zero-order valence-electron chi connectivity index (χ0n) is 9.16. The van der Waals surface area contributed by atoms with Gasteiger partial charge in [0.2, 0.25) is 5.75 Å². The maximum Gasteiger partial charge on any atom is 0.204 e. The molecule has 2 rings (SSSR count). The van der Waals surface area contributed by atoms with E-state index in [0.29, 0.717) is 30.9 Å². The molecule has 0 amide bonds. The van der Waals surface area contributed by atoms with Gasteiger partial charge in [0.1, 0.15) is 13.2 Å². The molecule has 1 aliphatic heterocycles. The first-order valence-electron chi connectivity index (χ1n) is 5.38. The number of aromatic hydroxyl groups is 1. The number of fused-ring (bicyclic) bond motifs is 1. The molecule has 0 saturated carbocycles. The van der Waals surface area contributed by atoms with E-state index in [9.17, 15) is 9.90 Å². The predicted molar refractivity (Wildman–Crippen MR) is 58.3 cm³/mol. The van der Waals surface area contributed by atoms with Crippen LogP contribution in [0.1, 0.15) is 30.1 Å². The molecule has 86 valence electrons. The fourth-order valence-electron chi connectivity index (χ4n) is 1.70. The zero-order chi connectivity index (χ0) is 11.5. The Balaban J connectivity index is 2.42. The van der Waals surface area contributed by atoms with Crippen molar-refractivity contribution in [3.63, 3.8) is 0 Å². The summed E-state index contributed by atoms with van der Waals surface area (Å²) in [6.07, 6.45) is 1.26. The molecule has 0 aromatic heterocycles. The molecule has 1 N–H and O–H groups in total. The summed E-state index contributed by atoms with van der Waals surface area (Å²) in [5, 5.41) is 9.58. The molecule has 0 radical (unpaired) electrons. The van der Waals surface area contributed by atoms with E-state index in [1.165, 1.54) is 6.07 Å². The van der Waals surface area contributed by atoms with Crippen LogP contribution >= 0.6 is 0 Å². The number of carbonyl (C=O) groups is 1. The molecule has 4 nitrogen and oxygen atoms in total. The molecule has 1 aromatic carbocycles. The summed E-state index contributed by atoms with van der Waals surface area (Å²) in [6, 6.07) is 3.05. The van der Waals surface area contributed by atoms with Crippen molar-refractivity contribution in [1.82, 2.24) is 0 Å². The molecule has 1 aromatic rings. The molecular formula is C12H14O4. The average Bonchev–Trinajstić information content (AvgIpc) is 2.30. The van der Waals surface area contributed by atoms with Gasteiger partial charge in [-0.2, -0.15) is 0 Å². The number of phenolic OH excluding ortho intramolecular Hbond substituents is 1. The van der Waals surface area contributed by atoms with Crippen LogP contribution < -0.4 is 9.47 Å². The standard InChI is InChI=1S/C12H14O4/c1-2-3-9(13)8-4-5-10(14)12-11(8)15-6-7-16-12/h4-5,14H,2-3,6-7H2,1H3. The van der Waals surface area contributed by atoms with Crippen LogP contribution in [0.5, 0.6) is 17.2 Å². The van der Waals surface area contributed by atoms with Crippen LogP contribution in [0.4, 0.5) is 0 Å². The highest BCUT2D eigenvalue weighted by atomic mass is 16.6. The lowest BCUT2D eigenvalue weighted by Gasteiger charge is -2.21. The number of ketones is 1. The second-order valence-electron chi connectivity index (χ2n) is 3.66. The van der Waals surface area contributed by atoms with Gasteiger partial charge in [0.25, 0.3) is 0 Å². The fourth-order valence-corrected chi connectivity index (χ4v) is 1.70. The Kier molecular flexibility index (Phi) is 2.99. The van der Waals surface area contributed by atoms with Gasteiger partial charge < -0.3 is 14.6 Å². The quantitative estimate of drug-likeness (QED) is 0.796. The van der Waals surface area contributed by atoms with Crippen molar-refractivity contribution in [3.8, 4) is 17.2 Å². The van der Waals surface area contributed by atoms with Crippen molar-refractivity contribution in [2.45, 2.75) is 19.8 Å². The average molecular weight is 222 g/mol. The predicted octanol–water partition coefficient (Wildman–Crippen LogP) is 2.15. The van der Waals surface area contributed by atoms with E-state index in [2.05, 4.69) is 0 Å². The van der Waals surface area contributed by atoms with Gasteiger partial charge in [-0.05, 0) is 18.6 Å². The van der Waals surface area contributed by atoms with E-state index in [1.54, 1.807) is 6.07 Å². The van der Waals surface area contributed by atoms with Gasteiger partial charge in [-0.3, -0.25) is 4.79 Å². The van der Waals surface area contributed by atoms with Gasteiger partial charge in [-0.1, -0.05) is 6.92 Å². The molecule has 4 heteroatoms. The van der Waals surface area contributed by atoms with Crippen LogP contribution in [-0.4, -0.2) is 24.1 Å². The highest BCUT2D eigenvalue weighted by molar-refractivity contribution is 5.99. The molecule has 16 heavy (non-hydrogen) atoms. The summed E-state index contributed by atoms with van der Waals surface area (Å²) in [7, 11) is 0. The monoisotopic (exact) mass is 222 g/mol. The van der Waals surface area contributed by atoms with Gasteiger partial charge in [-0.15, -0.1) is 0 Å². The van der Waals surface area contributed by atoms with Gasteiger partial charge in [0.15, 0.2) is 17.3 Å². The number of rotatable bonds is 3. The molecule has 0 atom stereocenters. The normalized spacial score (nSPS) is 13.6. The molecule has 0 aliphatic carbocycles. The molecule has 0 unspecified atom stereocenters. The first-order valence-corrected chi connectivity index (χ1v) is 5.38. The second kappa shape index (κ2) is 4.43. The van der Waals surface area contributed by atoms with Gasteiger partial charge in [0, 0.05) is 6.42 Å². The zero-order valence-corrected chi connectivity index (χ0v) is 9.16. The van der Waals surface area contributed by atoms with Crippen LogP contribution in [0.3, 0.4) is 0 Å². The van der Waals surface area contributed by atoms with Crippen LogP contribution in [0.25, 0.3) is 0 Å². The minimum absolute atomic E-state index is 0.0164. The Labute approximate surface area is 93.8 Å². The molecule has 0 spiro atoms. The van der Waals surface area contributed by atoms with E-state index in [4.69, 9.17) is 9.47 Å². The summed E-state index contributed by atoms with van der Waals surface area (Å²) >= 11 is 0. The van der Waals surface area contributed by atoms with Crippen LogP contribution in [0.15, 0.2) is 12.1 Å². The lowest BCUT2D eigenvalue weighted by atomic mass is 10.0. The maximum atomic E-state index is 11.8. The largest absolute Gasteiger partial charge is 0.504 e. The first kappa shape index (κ1) is 10.8. The molecule has 0 bridgehead atoms. The topological polar surface area (TPSA) is 55.8 Å². The van der Waals surface area contributed by atoms with Crippen LogP contribution in [0, 0.1) is 0 Å². The number of ether oxygens (including phenoxy) is 2. The first-order chi connectivity index (χ1) is 7.74. The van der Waals surface area contributed by atoms with E-state index >= 15 is 0 Å². The van der Waals surface area contributed by atoms with E-state index in [0.717, 1.165) is 6.42 Å². The third kappa shape index (κ3) is 1.83. The Morgan fingerprint density at radius 2 is 2.00 bits per heavy atom. The van der Waals surface area contributed by atoms with Crippen LogP contribution in [-0.2, 0) is 0 Å².